The van der Waals surface area contributed by atoms with Gasteiger partial charge in [0, 0.05) is 13.0 Å². The molecule has 112 valence electrons. The molecule has 0 aromatic carbocycles. The number of aromatic nitrogens is 6. The molecule has 2 heterocycles. The van der Waals surface area contributed by atoms with Gasteiger partial charge in [-0.15, -0.1) is 6.58 Å². The molecule has 0 radical (unpaired) electrons. The standard InChI is InChI=1S/C13H19N7O/c1-4-6-15-11-17-12(20-9-14-8-16-20)19-13(18-11)21-7-5-10(2)3/h8-9H,2,4-7H2,1,3H3,(H,15,17,18,19). The summed E-state index contributed by atoms with van der Waals surface area (Å²) in [6.07, 6.45) is 4.67. The number of hydrogen-bond acceptors (Lipinski definition) is 7. The van der Waals surface area contributed by atoms with Gasteiger partial charge < -0.3 is 10.1 Å². The van der Waals surface area contributed by atoms with Gasteiger partial charge in [-0.3, -0.25) is 0 Å². The van der Waals surface area contributed by atoms with Crippen molar-refractivity contribution in [2.75, 3.05) is 18.5 Å². The number of hydrogen-bond donors (Lipinski definition) is 1. The van der Waals surface area contributed by atoms with E-state index in [1.165, 1.54) is 17.3 Å². The fourth-order valence-electron chi connectivity index (χ4n) is 1.46. The molecule has 0 aliphatic heterocycles. The van der Waals surface area contributed by atoms with Gasteiger partial charge in [0.25, 0.3) is 5.95 Å². The minimum atomic E-state index is 0.260. The summed E-state index contributed by atoms with van der Waals surface area (Å²) in [5.41, 5.74) is 1.05. The van der Waals surface area contributed by atoms with E-state index in [-0.39, 0.29) is 6.01 Å². The first kappa shape index (κ1) is 14.9. The van der Waals surface area contributed by atoms with Crippen molar-refractivity contribution in [3.63, 3.8) is 0 Å². The molecule has 21 heavy (non-hydrogen) atoms. The van der Waals surface area contributed by atoms with E-state index in [4.69, 9.17) is 4.74 Å². The Hall–Kier alpha value is -2.51. The maximum Gasteiger partial charge on any atom is 0.323 e. The van der Waals surface area contributed by atoms with Crippen LogP contribution in [-0.4, -0.2) is 42.9 Å². The predicted molar refractivity (Wildman–Crippen MR) is 78.5 cm³/mol. The van der Waals surface area contributed by atoms with E-state index in [9.17, 15) is 0 Å². The second-order valence-electron chi connectivity index (χ2n) is 4.56. The lowest BCUT2D eigenvalue weighted by Gasteiger charge is -2.09. The van der Waals surface area contributed by atoms with Crippen LogP contribution in [0.1, 0.15) is 26.7 Å². The Kier molecular flexibility index (Phi) is 5.19. The zero-order valence-corrected chi connectivity index (χ0v) is 12.3. The monoisotopic (exact) mass is 289 g/mol. The molecular formula is C13H19N7O. The van der Waals surface area contributed by atoms with Crippen molar-refractivity contribution >= 4 is 5.95 Å². The van der Waals surface area contributed by atoms with Crippen molar-refractivity contribution in [1.29, 1.82) is 0 Å². The summed E-state index contributed by atoms with van der Waals surface area (Å²) in [6.45, 7) is 9.10. The highest BCUT2D eigenvalue weighted by molar-refractivity contribution is 5.29. The molecule has 0 fully saturated rings. The largest absolute Gasteiger partial charge is 0.463 e. The average molecular weight is 289 g/mol. The zero-order chi connectivity index (χ0) is 15.1. The van der Waals surface area contributed by atoms with E-state index in [1.807, 2.05) is 6.92 Å². The van der Waals surface area contributed by atoms with Gasteiger partial charge >= 0.3 is 6.01 Å². The van der Waals surface area contributed by atoms with Gasteiger partial charge in [-0.1, -0.05) is 12.5 Å². The molecule has 0 spiro atoms. The summed E-state index contributed by atoms with van der Waals surface area (Å²) in [6, 6.07) is 0.260. The number of nitrogens with one attached hydrogen (secondary N) is 1. The van der Waals surface area contributed by atoms with Crippen molar-refractivity contribution < 1.29 is 4.74 Å². The van der Waals surface area contributed by atoms with Crippen LogP contribution in [0.5, 0.6) is 6.01 Å². The van der Waals surface area contributed by atoms with Gasteiger partial charge in [-0.25, -0.2) is 4.98 Å². The van der Waals surface area contributed by atoms with Gasteiger partial charge in [-0.05, 0) is 13.3 Å². The second-order valence-corrected chi connectivity index (χ2v) is 4.56. The van der Waals surface area contributed by atoms with Crippen molar-refractivity contribution in [2.24, 2.45) is 0 Å². The smallest absolute Gasteiger partial charge is 0.323 e. The van der Waals surface area contributed by atoms with Crippen molar-refractivity contribution in [3.05, 3.63) is 24.8 Å². The Bertz CT molecular complexity index is 582. The van der Waals surface area contributed by atoms with Gasteiger partial charge in [0.05, 0.1) is 6.61 Å². The molecular weight excluding hydrogens is 270 g/mol. The molecule has 0 amide bonds. The lowest BCUT2D eigenvalue weighted by molar-refractivity contribution is 0.295. The predicted octanol–water partition coefficient (Wildman–Crippen LogP) is 1.62. The Morgan fingerprint density at radius 3 is 2.90 bits per heavy atom. The summed E-state index contributed by atoms with van der Waals surface area (Å²) in [7, 11) is 0. The van der Waals surface area contributed by atoms with Crippen LogP contribution in [0.15, 0.2) is 24.8 Å². The molecule has 2 aromatic rings. The van der Waals surface area contributed by atoms with E-state index < -0.39 is 0 Å². The third kappa shape index (κ3) is 4.51. The van der Waals surface area contributed by atoms with Crippen LogP contribution in [0.2, 0.25) is 0 Å². The number of anilines is 1. The fourth-order valence-corrected chi connectivity index (χ4v) is 1.46. The zero-order valence-electron chi connectivity index (χ0n) is 12.3. The third-order valence-electron chi connectivity index (χ3n) is 2.52. The molecule has 2 aromatic heterocycles. The van der Waals surface area contributed by atoms with E-state index in [0.29, 0.717) is 18.5 Å². The molecule has 2 rings (SSSR count). The first-order valence-electron chi connectivity index (χ1n) is 6.81. The van der Waals surface area contributed by atoms with Crippen LogP contribution in [0.4, 0.5) is 5.95 Å². The average Bonchev–Trinajstić information content (AvgIpc) is 2.99. The molecule has 0 saturated carbocycles. The summed E-state index contributed by atoms with van der Waals surface area (Å²) in [5.74, 6) is 0.828. The normalized spacial score (nSPS) is 10.4. The minimum Gasteiger partial charge on any atom is -0.463 e. The van der Waals surface area contributed by atoms with Crippen LogP contribution in [0, 0.1) is 0 Å². The SMILES string of the molecule is C=C(C)CCOc1nc(NCCC)nc(-n2cncn2)n1. The molecule has 1 N–H and O–H groups in total. The molecule has 0 aliphatic carbocycles. The molecule has 0 bridgehead atoms. The maximum absolute atomic E-state index is 5.55. The van der Waals surface area contributed by atoms with E-state index in [1.54, 1.807) is 0 Å². The quantitative estimate of drug-likeness (QED) is 0.738. The number of rotatable bonds is 8. The molecule has 0 aliphatic rings. The summed E-state index contributed by atoms with van der Waals surface area (Å²) >= 11 is 0. The highest BCUT2D eigenvalue weighted by Gasteiger charge is 2.09. The molecule has 8 heteroatoms. The Labute approximate surface area is 123 Å². The van der Waals surface area contributed by atoms with Crippen molar-refractivity contribution in [3.8, 4) is 12.0 Å². The molecule has 0 unspecified atom stereocenters. The topological polar surface area (TPSA) is 90.6 Å². The first-order chi connectivity index (χ1) is 10.2. The Morgan fingerprint density at radius 1 is 1.38 bits per heavy atom. The van der Waals surface area contributed by atoms with E-state index in [2.05, 4.69) is 43.9 Å². The summed E-state index contributed by atoms with van der Waals surface area (Å²) in [4.78, 5) is 16.6. The van der Waals surface area contributed by atoms with Crippen LogP contribution >= 0.6 is 0 Å². The molecule has 0 saturated heterocycles. The fraction of sp³-hybridized carbons (Fsp3) is 0.462. The highest BCUT2D eigenvalue weighted by atomic mass is 16.5. The van der Waals surface area contributed by atoms with E-state index in [0.717, 1.165) is 25.0 Å². The van der Waals surface area contributed by atoms with Gasteiger partial charge in [-0.2, -0.15) is 24.7 Å². The van der Waals surface area contributed by atoms with Crippen LogP contribution in [0.3, 0.4) is 0 Å². The Balaban J connectivity index is 2.18. The van der Waals surface area contributed by atoms with Gasteiger partial charge in [0.1, 0.15) is 12.7 Å². The number of ether oxygens (including phenoxy) is 1. The van der Waals surface area contributed by atoms with Crippen LogP contribution in [-0.2, 0) is 0 Å². The third-order valence-corrected chi connectivity index (χ3v) is 2.52. The first-order valence-corrected chi connectivity index (χ1v) is 6.81. The highest BCUT2D eigenvalue weighted by Crippen LogP contribution is 2.11. The number of nitrogens with zero attached hydrogens (tertiary/aromatic N) is 6. The maximum atomic E-state index is 5.55. The van der Waals surface area contributed by atoms with Crippen LogP contribution in [0.25, 0.3) is 5.95 Å². The van der Waals surface area contributed by atoms with Crippen molar-refractivity contribution in [1.82, 2.24) is 29.7 Å². The van der Waals surface area contributed by atoms with Crippen LogP contribution < -0.4 is 10.1 Å². The lowest BCUT2D eigenvalue weighted by Crippen LogP contribution is -2.12. The van der Waals surface area contributed by atoms with Gasteiger partial charge in [0.15, 0.2) is 0 Å². The summed E-state index contributed by atoms with van der Waals surface area (Å²) in [5, 5.41) is 7.13. The minimum absolute atomic E-state index is 0.260. The van der Waals surface area contributed by atoms with Gasteiger partial charge in [0.2, 0.25) is 5.95 Å². The lowest BCUT2D eigenvalue weighted by atomic mass is 10.3. The van der Waals surface area contributed by atoms with E-state index >= 15 is 0 Å². The van der Waals surface area contributed by atoms with Crippen molar-refractivity contribution in [2.45, 2.75) is 26.7 Å². The molecule has 0 atom stereocenters. The molecule has 8 nitrogen and oxygen atoms in total. The summed E-state index contributed by atoms with van der Waals surface area (Å²) < 4.78 is 7.01. The second kappa shape index (κ2) is 7.32. The Morgan fingerprint density at radius 2 is 2.24 bits per heavy atom.